The molecule has 2 aliphatic rings. The molecule has 2 fully saturated rings. The highest BCUT2D eigenvalue weighted by molar-refractivity contribution is 5.79. The molecular formula is C17H26N4O3. The second-order valence-electron chi connectivity index (χ2n) is 6.52. The molecule has 2 atom stereocenters. The van der Waals surface area contributed by atoms with Crippen LogP contribution in [0.1, 0.15) is 31.4 Å². The van der Waals surface area contributed by atoms with Crippen molar-refractivity contribution in [2.24, 2.45) is 5.92 Å². The fraction of sp³-hybridized carbons (Fsp3) is 0.706. The topological polar surface area (TPSA) is 76.6 Å². The lowest BCUT2D eigenvalue weighted by Crippen LogP contribution is -2.45. The van der Waals surface area contributed by atoms with Gasteiger partial charge >= 0.3 is 0 Å². The maximum atomic E-state index is 12.5. The van der Waals surface area contributed by atoms with E-state index in [0.717, 1.165) is 44.5 Å². The summed E-state index contributed by atoms with van der Waals surface area (Å²) in [7, 11) is 1.60. The van der Waals surface area contributed by atoms with E-state index < -0.39 is 0 Å². The average molecular weight is 334 g/mol. The summed E-state index contributed by atoms with van der Waals surface area (Å²) < 4.78 is 10.8. The van der Waals surface area contributed by atoms with Crippen LogP contribution >= 0.6 is 0 Å². The van der Waals surface area contributed by atoms with E-state index in [1.807, 2.05) is 6.92 Å². The summed E-state index contributed by atoms with van der Waals surface area (Å²) in [5, 5.41) is 3.04. The van der Waals surface area contributed by atoms with Crippen LogP contribution in [0.5, 0.6) is 5.88 Å². The average Bonchev–Trinajstić information content (AvgIpc) is 3.12. The van der Waals surface area contributed by atoms with E-state index in [0.29, 0.717) is 24.9 Å². The van der Waals surface area contributed by atoms with Crippen LogP contribution in [0, 0.1) is 12.8 Å². The molecule has 7 nitrogen and oxygen atoms in total. The lowest BCUT2D eigenvalue weighted by Gasteiger charge is -2.32. The van der Waals surface area contributed by atoms with Crippen molar-refractivity contribution < 1.29 is 14.3 Å². The summed E-state index contributed by atoms with van der Waals surface area (Å²) in [5.74, 6) is 1.27. The quantitative estimate of drug-likeness (QED) is 0.875. The van der Waals surface area contributed by atoms with Crippen LogP contribution < -0.4 is 15.0 Å². The minimum atomic E-state index is -0.0322. The molecular weight excluding hydrogens is 308 g/mol. The number of hydrogen-bond acceptors (Lipinski definition) is 6. The number of carbonyl (C=O) groups is 1. The van der Waals surface area contributed by atoms with Crippen LogP contribution in [0.4, 0.5) is 5.95 Å². The van der Waals surface area contributed by atoms with Gasteiger partial charge in [-0.2, -0.15) is 4.98 Å². The Balaban J connectivity index is 1.59. The molecule has 0 aliphatic carbocycles. The Morgan fingerprint density at radius 2 is 2.29 bits per heavy atom. The standard InChI is InChI=1S/C17H26N4O3/c1-12-9-15(23-2)20-17(19-12)21-7-3-5-13(11-21)16(22)18-10-14-6-4-8-24-14/h9,13-14H,3-8,10-11H2,1-2H3,(H,18,22)/t13-,14+/m0/s1. The van der Waals surface area contributed by atoms with E-state index in [1.165, 1.54) is 0 Å². The maximum Gasteiger partial charge on any atom is 0.228 e. The molecule has 1 aromatic heterocycles. The number of aryl methyl sites for hydroxylation is 1. The summed E-state index contributed by atoms with van der Waals surface area (Å²) >= 11 is 0. The number of hydrogen-bond donors (Lipinski definition) is 1. The molecule has 3 heterocycles. The highest BCUT2D eigenvalue weighted by Crippen LogP contribution is 2.23. The molecule has 0 unspecified atom stereocenters. The molecule has 24 heavy (non-hydrogen) atoms. The molecule has 132 valence electrons. The molecule has 0 saturated carbocycles. The van der Waals surface area contributed by atoms with E-state index in [2.05, 4.69) is 20.2 Å². The number of amides is 1. The van der Waals surface area contributed by atoms with Crippen molar-refractivity contribution in [2.45, 2.75) is 38.7 Å². The van der Waals surface area contributed by atoms with Crippen molar-refractivity contribution in [3.05, 3.63) is 11.8 Å². The van der Waals surface area contributed by atoms with Gasteiger partial charge in [0.2, 0.25) is 17.7 Å². The number of ether oxygens (including phenoxy) is 2. The Morgan fingerprint density at radius 3 is 3.04 bits per heavy atom. The van der Waals surface area contributed by atoms with Crippen molar-refractivity contribution >= 4 is 11.9 Å². The van der Waals surface area contributed by atoms with E-state index in [4.69, 9.17) is 9.47 Å². The molecule has 1 aromatic rings. The van der Waals surface area contributed by atoms with Crippen LogP contribution in [0.2, 0.25) is 0 Å². The van der Waals surface area contributed by atoms with Gasteiger partial charge in [-0.25, -0.2) is 4.98 Å². The van der Waals surface area contributed by atoms with Crippen molar-refractivity contribution in [3.63, 3.8) is 0 Å². The van der Waals surface area contributed by atoms with E-state index in [-0.39, 0.29) is 17.9 Å². The summed E-state index contributed by atoms with van der Waals surface area (Å²) in [4.78, 5) is 23.5. The smallest absolute Gasteiger partial charge is 0.228 e. The third-order valence-electron chi connectivity index (χ3n) is 4.63. The van der Waals surface area contributed by atoms with Crippen LogP contribution in [-0.2, 0) is 9.53 Å². The molecule has 2 saturated heterocycles. The number of rotatable bonds is 5. The third-order valence-corrected chi connectivity index (χ3v) is 4.63. The highest BCUT2D eigenvalue weighted by atomic mass is 16.5. The predicted molar refractivity (Wildman–Crippen MR) is 90.2 cm³/mol. The molecule has 1 N–H and O–H groups in total. The maximum absolute atomic E-state index is 12.5. The van der Waals surface area contributed by atoms with Gasteiger partial charge in [0.05, 0.1) is 19.1 Å². The Labute approximate surface area is 142 Å². The first-order valence-electron chi connectivity index (χ1n) is 8.69. The predicted octanol–water partition coefficient (Wildman–Crippen LogP) is 1.31. The lowest BCUT2D eigenvalue weighted by atomic mass is 9.97. The molecule has 0 radical (unpaired) electrons. The minimum absolute atomic E-state index is 0.0322. The number of anilines is 1. The van der Waals surface area contributed by atoms with Gasteiger partial charge in [0.15, 0.2) is 0 Å². The summed E-state index contributed by atoms with van der Waals surface area (Å²) in [6, 6.07) is 1.80. The monoisotopic (exact) mass is 334 g/mol. The van der Waals surface area contributed by atoms with E-state index in [9.17, 15) is 4.79 Å². The normalized spacial score (nSPS) is 24.0. The Hall–Kier alpha value is -1.89. The van der Waals surface area contributed by atoms with Gasteiger partial charge in [0, 0.05) is 38.0 Å². The van der Waals surface area contributed by atoms with Gasteiger partial charge in [-0.15, -0.1) is 0 Å². The van der Waals surface area contributed by atoms with E-state index in [1.54, 1.807) is 13.2 Å². The highest BCUT2D eigenvalue weighted by Gasteiger charge is 2.28. The molecule has 0 aromatic carbocycles. The SMILES string of the molecule is COc1cc(C)nc(N2CCC[C@H](C(=O)NC[C@H]3CCCO3)C2)n1. The van der Waals surface area contributed by atoms with Gasteiger partial charge < -0.3 is 19.7 Å². The van der Waals surface area contributed by atoms with Crippen LogP contribution in [0.25, 0.3) is 0 Å². The largest absolute Gasteiger partial charge is 0.481 e. The van der Waals surface area contributed by atoms with Gasteiger partial charge in [-0.1, -0.05) is 0 Å². The molecule has 0 spiro atoms. The van der Waals surface area contributed by atoms with Crippen molar-refractivity contribution in [1.82, 2.24) is 15.3 Å². The zero-order chi connectivity index (χ0) is 16.9. The second kappa shape index (κ2) is 7.79. The van der Waals surface area contributed by atoms with Crippen molar-refractivity contribution in [1.29, 1.82) is 0 Å². The number of nitrogens with one attached hydrogen (secondary N) is 1. The first kappa shape index (κ1) is 17.0. The van der Waals surface area contributed by atoms with Crippen LogP contribution in [0.15, 0.2) is 6.07 Å². The van der Waals surface area contributed by atoms with Gasteiger partial charge in [-0.05, 0) is 32.6 Å². The lowest BCUT2D eigenvalue weighted by molar-refractivity contribution is -0.125. The molecule has 7 heteroatoms. The number of aromatic nitrogens is 2. The number of nitrogens with zero attached hydrogens (tertiary/aromatic N) is 3. The minimum Gasteiger partial charge on any atom is -0.481 e. The van der Waals surface area contributed by atoms with E-state index >= 15 is 0 Å². The third kappa shape index (κ3) is 4.14. The Kier molecular flexibility index (Phi) is 5.50. The van der Waals surface area contributed by atoms with Crippen molar-refractivity contribution in [2.75, 3.05) is 38.3 Å². The second-order valence-corrected chi connectivity index (χ2v) is 6.52. The zero-order valence-corrected chi connectivity index (χ0v) is 14.5. The molecule has 1 amide bonds. The molecule has 3 rings (SSSR count). The van der Waals surface area contributed by atoms with Crippen LogP contribution in [-0.4, -0.2) is 55.3 Å². The fourth-order valence-corrected chi connectivity index (χ4v) is 3.31. The molecule has 2 aliphatic heterocycles. The summed E-state index contributed by atoms with van der Waals surface area (Å²) in [5.41, 5.74) is 0.863. The van der Waals surface area contributed by atoms with Crippen molar-refractivity contribution in [3.8, 4) is 5.88 Å². The Bertz CT molecular complexity index is 575. The molecule has 0 bridgehead atoms. The fourth-order valence-electron chi connectivity index (χ4n) is 3.31. The number of methoxy groups -OCH3 is 1. The zero-order valence-electron chi connectivity index (χ0n) is 14.5. The first-order chi connectivity index (χ1) is 11.7. The van der Waals surface area contributed by atoms with Gasteiger partial charge in [-0.3, -0.25) is 4.79 Å². The Morgan fingerprint density at radius 1 is 1.42 bits per heavy atom. The number of piperidine rings is 1. The van der Waals surface area contributed by atoms with Crippen LogP contribution in [0.3, 0.4) is 0 Å². The van der Waals surface area contributed by atoms with Gasteiger partial charge in [0.25, 0.3) is 0 Å². The summed E-state index contributed by atoms with van der Waals surface area (Å²) in [6.45, 7) is 4.85. The number of carbonyl (C=O) groups excluding carboxylic acids is 1. The summed E-state index contributed by atoms with van der Waals surface area (Å²) in [6.07, 6.45) is 4.16. The first-order valence-corrected chi connectivity index (χ1v) is 8.69. The van der Waals surface area contributed by atoms with Gasteiger partial charge in [0.1, 0.15) is 0 Å².